The molecule has 25 heavy (non-hydrogen) atoms. The molecule has 1 amide bonds. The third-order valence-corrected chi connectivity index (χ3v) is 5.01. The maximum absolute atomic E-state index is 10.8. The highest BCUT2D eigenvalue weighted by Crippen LogP contribution is 2.43. The summed E-state index contributed by atoms with van der Waals surface area (Å²) < 4.78 is 17.6. The molecule has 1 aromatic carbocycles. The number of carbonyl (C=O) groups excluding carboxylic acids is 1. The molecule has 0 bridgehead atoms. The van der Waals surface area contributed by atoms with Gasteiger partial charge in [-0.3, -0.25) is 4.79 Å². The first-order chi connectivity index (χ1) is 12.2. The van der Waals surface area contributed by atoms with Crippen molar-refractivity contribution in [3.8, 4) is 11.5 Å². The van der Waals surface area contributed by atoms with E-state index in [1.54, 1.807) is 14.2 Å². The molecular weight excluding hydrogens is 318 g/mol. The lowest BCUT2D eigenvalue weighted by Gasteiger charge is -2.37. The van der Waals surface area contributed by atoms with Crippen LogP contribution in [0.25, 0.3) is 0 Å². The Labute approximate surface area is 151 Å². The molecule has 1 aliphatic heterocycles. The molecule has 2 rings (SSSR count). The van der Waals surface area contributed by atoms with Crippen LogP contribution < -0.4 is 14.8 Å². The first-order valence-corrected chi connectivity index (χ1v) is 9.26. The highest BCUT2D eigenvalue weighted by atomic mass is 16.5. The number of rotatable bonds is 10. The van der Waals surface area contributed by atoms with Crippen LogP contribution in [0.1, 0.15) is 56.8 Å². The van der Waals surface area contributed by atoms with Crippen LogP contribution in [0, 0.1) is 5.92 Å². The fraction of sp³-hybridized carbons (Fsp3) is 0.650. The number of amides is 1. The van der Waals surface area contributed by atoms with Crippen molar-refractivity contribution in [3.05, 3.63) is 23.3 Å². The van der Waals surface area contributed by atoms with Gasteiger partial charge >= 0.3 is 0 Å². The van der Waals surface area contributed by atoms with Gasteiger partial charge in [0.25, 0.3) is 0 Å². The summed E-state index contributed by atoms with van der Waals surface area (Å²) in [6.45, 7) is 4.90. The second-order valence-corrected chi connectivity index (χ2v) is 6.60. The van der Waals surface area contributed by atoms with Crippen molar-refractivity contribution >= 4 is 6.41 Å². The van der Waals surface area contributed by atoms with E-state index in [4.69, 9.17) is 14.2 Å². The molecule has 0 aliphatic carbocycles. The van der Waals surface area contributed by atoms with Crippen molar-refractivity contribution in [2.75, 3.05) is 20.8 Å². The van der Waals surface area contributed by atoms with E-state index >= 15 is 0 Å². The third-order valence-electron chi connectivity index (χ3n) is 5.01. The summed E-state index contributed by atoms with van der Waals surface area (Å²) in [4.78, 5) is 10.8. The van der Waals surface area contributed by atoms with Crippen molar-refractivity contribution in [1.29, 1.82) is 0 Å². The normalized spacial score (nSPS) is 19.4. The van der Waals surface area contributed by atoms with Crippen molar-refractivity contribution in [2.24, 2.45) is 5.92 Å². The second kappa shape index (κ2) is 9.66. The van der Waals surface area contributed by atoms with Gasteiger partial charge in [0, 0.05) is 18.5 Å². The summed E-state index contributed by atoms with van der Waals surface area (Å²) in [6.07, 6.45) is 6.10. The van der Waals surface area contributed by atoms with Gasteiger partial charge in [-0.15, -0.1) is 0 Å². The van der Waals surface area contributed by atoms with Crippen LogP contribution in [-0.4, -0.2) is 33.3 Å². The largest absolute Gasteiger partial charge is 0.493 e. The zero-order valence-electron chi connectivity index (χ0n) is 15.8. The minimum absolute atomic E-state index is 0.131. The van der Waals surface area contributed by atoms with Crippen LogP contribution in [0.3, 0.4) is 0 Å². The van der Waals surface area contributed by atoms with Gasteiger partial charge in [-0.1, -0.05) is 32.8 Å². The fourth-order valence-corrected chi connectivity index (χ4v) is 3.90. The van der Waals surface area contributed by atoms with Gasteiger partial charge in [-0.2, -0.15) is 0 Å². The first kappa shape index (κ1) is 19.6. The highest BCUT2D eigenvalue weighted by Gasteiger charge is 2.34. The molecule has 0 fully saturated rings. The minimum atomic E-state index is -0.157. The number of ether oxygens (including phenoxy) is 3. The molecular formula is C20H31NO4. The Balaban J connectivity index is 2.40. The quantitative estimate of drug-likeness (QED) is 0.655. The van der Waals surface area contributed by atoms with E-state index in [1.807, 2.05) is 12.1 Å². The van der Waals surface area contributed by atoms with Gasteiger partial charge in [0.1, 0.15) is 6.10 Å². The van der Waals surface area contributed by atoms with E-state index in [0.717, 1.165) is 61.1 Å². The molecule has 2 unspecified atom stereocenters. The predicted molar refractivity (Wildman–Crippen MR) is 98.2 cm³/mol. The standard InChI is InChI=1S/C20H31NO4/c1-5-7-14(8-6-2)18-11-16-15(19(25-18)12-21-13-22)9-10-17(23-3)20(16)24-4/h9-10,13-14,18-19H,5-8,11-12H2,1-4H3,(H,21,22). The Morgan fingerprint density at radius 3 is 2.52 bits per heavy atom. The van der Waals surface area contributed by atoms with Crippen molar-refractivity contribution in [3.63, 3.8) is 0 Å². The number of fused-ring (bicyclic) bond motifs is 1. The van der Waals surface area contributed by atoms with Gasteiger partial charge in [-0.05, 0) is 30.4 Å². The average Bonchev–Trinajstić information content (AvgIpc) is 2.64. The number of methoxy groups -OCH3 is 2. The molecule has 5 nitrogen and oxygen atoms in total. The summed E-state index contributed by atoms with van der Waals surface area (Å²) in [6, 6.07) is 3.93. The predicted octanol–water partition coefficient (Wildman–Crippen LogP) is 3.65. The molecule has 0 aromatic heterocycles. The molecule has 1 N–H and O–H groups in total. The van der Waals surface area contributed by atoms with E-state index in [2.05, 4.69) is 19.2 Å². The van der Waals surface area contributed by atoms with E-state index in [0.29, 0.717) is 12.5 Å². The molecule has 1 heterocycles. The number of nitrogens with one attached hydrogen (secondary N) is 1. The molecule has 0 saturated carbocycles. The Hall–Kier alpha value is -1.75. The lowest BCUT2D eigenvalue weighted by molar-refractivity contribution is -0.111. The van der Waals surface area contributed by atoms with E-state index in [1.165, 1.54) is 0 Å². The maximum atomic E-state index is 10.8. The number of carbonyl (C=O) groups is 1. The van der Waals surface area contributed by atoms with Gasteiger partial charge in [0.15, 0.2) is 11.5 Å². The van der Waals surface area contributed by atoms with Gasteiger partial charge in [-0.25, -0.2) is 0 Å². The Bertz CT molecular complexity index is 555. The monoisotopic (exact) mass is 349 g/mol. The van der Waals surface area contributed by atoms with Crippen LogP contribution in [-0.2, 0) is 16.0 Å². The lowest BCUT2D eigenvalue weighted by Crippen LogP contribution is -2.36. The Morgan fingerprint density at radius 2 is 1.96 bits per heavy atom. The van der Waals surface area contributed by atoms with Gasteiger partial charge in [0.05, 0.1) is 20.3 Å². The summed E-state index contributed by atoms with van der Waals surface area (Å²) in [5, 5.41) is 2.77. The van der Waals surface area contributed by atoms with Crippen LogP contribution in [0.2, 0.25) is 0 Å². The first-order valence-electron chi connectivity index (χ1n) is 9.26. The minimum Gasteiger partial charge on any atom is -0.493 e. The Kier molecular flexibility index (Phi) is 7.56. The van der Waals surface area contributed by atoms with Crippen LogP contribution in [0.15, 0.2) is 12.1 Å². The topological polar surface area (TPSA) is 56.8 Å². The van der Waals surface area contributed by atoms with Crippen molar-refractivity contribution < 1.29 is 19.0 Å². The number of hydrogen-bond donors (Lipinski definition) is 1. The van der Waals surface area contributed by atoms with Crippen LogP contribution >= 0.6 is 0 Å². The number of benzene rings is 1. The van der Waals surface area contributed by atoms with Gasteiger partial charge < -0.3 is 19.5 Å². The molecule has 2 atom stereocenters. The summed E-state index contributed by atoms with van der Waals surface area (Å²) in [5.74, 6) is 2.04. The van der Waals surface area contributed by atoms with E-state index in [-0.39, 0.29) is 12.2 Å². The molecule has 5 heteroatoms. The third kappa shape index (κ3) is 4.46. The zero-order valence-corrected chi connectivity index (χ0v) is 15.8. The van der Waals surface area contributed by atoms with Crippen LogP contribution in [0.4, 0.5) is 0 Å². The van der Waals surface area contributed by atoms with Crippen LogP contribution in [0.5, 0.6) is 11.5 Å². The zero-order chi connectivity index (χ0) is 18.2. The molecule has 140 valence electrons. The van der Waals surface area contributed by atoms with Crippen molar-refractivity contribution in [1.82, 2.24) is 5.32 Å². The molecule has 0 saturated heterocycles. The molecule has 0 spiro atoms. The lowest BCUT2D eigenvalue weighted by atomic mass is 9.84. The summed E-state index contributed by atoms with van der Waals surface area (Å²) in [5.41, 5.74) is 2.23. The molecule has 0 radical (unpaired) electrons. The highest BCUT2D eigenvalue weighted by molar-refractivity contribution is 5.53. The molecule has 1 aromatic rings. The SMILES string of the molecule is CCCC(CCC)C1Cc2c(ccc(OC)c2OC)C(CNC=O)O1. The summed E-state index contributed by atoms with van der Waals surface area (Å²) >= 11 is 0. The second-order valence-electron chi connectivity index (χ2n) is 6.60. The van der Waals surface area contributed by atoms with E-state index in [9.17, 15) is 4.79 Å². The fourth-order valence-electron chi connectivity index (χ4n) is 3.90. The average molecular weight is 349 g/mol. The maximum Gasteiger partial charge on any atom is 0.207 e. The van der Waals surface area contributed by atoms with E-state index < -0.39 is 0 Å². The van der Waals surface area contributed by atoms with Crippen molar-refractivity contribution in [2.45, 2.75) is 58.2 Å². The molecule has 1 aliphatic rings. The van der Waals surface area contributed by atoms with Gasteiger partial charge in [0.2, 0.25) is 6.41 Å². The Morgan fingerprint density at radius 1 is 1.24 bits per heavy atom. The smallest absolute Gasteiger partial charge is 0.207 e. The number of hydrogen-bond acceptors (Lipinski definition) is 4. The summed E-state index contributed by atoms with van der Waals surface area (Å²) in [7, 11) is 3.33.